The van der Waals surface area contributed by atoms with Crippen LogP contribution in [0.2, 0.25) is 54.4 Å². The number of hydrogen-bond donors (Lipinski definition) is 0. The lowest BCUT2D eigenvalue weighted by Crippen LogP contribution is -2.69. The molecule has 8 bridgehead atoms. The predicted molar refractivity (Wildman–Crippen MR) is 304 cm³/mol. The van der Waals surface area contributed by atoms with E-state index in [9.17, 15) is 9.59 Å². The van der Waals surface area contributed by atoms with Gasteiger partial charge in [-0.25, -0.2) is 0 Å². The number of carbonyl (C=O) groups is 2. The van der Waals surface area contributed by atoms with Crippen molar-refractivity contribution in [1.29, 1.82) is 0 Å². The Labute approximate surface area is 448 Å². The molecular formula is C60H106O10Si3. The van der Waals surface area contributed by atoms with E-state index in [1.165, 1.54) is 0 Å². The lowest BCUT2D eigenvalue weighted by molar-refractivity contribution is -0.266. The fraction of sp³-hybridized carbons (Fsp3) is 0.867. The molecule has 0 aromatic heterocycles. The Bertz CT molecular complexity index is 1940. The molecule has 10 nitrogen and oxygen atoms in total. The Hall–Kier alpha value is -1.11. The van der Waals surface area contributed by atoms with E-state index in [0.717, 1.165) is 49.7 Å². The summed E-state index contributed by atoms with van der Waals surface area (Å²) < 4.78 is 58.3. The van der Waals surface area contributed by atoms with Gasteiger partial charge in [0.2, 0.25) is 0 Å². The van der Waals surface area contributed by atoms with E-state index >= 15 is 0 Å². The molecule has 8 heterocycles. The highest BCUT2D eigenvalue weighted by atomic mass is 28.4. The first-order valence-corrected chi connectivity index (χ1v) is 37.7. The molecule has 0 saturated carbocycles. The molecule has 0 aliphatic carbocycles. The van der Waals surface area contributed by atoms with Gasteiger partial charge in [0.05, 0.1) is 54.9 Å². The van der Waals surface area contributed by atoms with E-state index in [-0.39, 0.29) is 87.3 Å². The lowest BCUT2D eigenvalue weighted by Gasteiger charge is -2.56. The summed E-state index contributed by atoms with van der Waals surface area (Å²) >= 11 is 0. The molecule has 418 valence electrons. The van der Waals surface area contributed by atoms with Crippen LogP contribution in [0.4, 0.5) is 0 Å². The number of Topliss-reactive ketones (excluding diaryl/α,β-unsaturated/α-hetero) is 1. The van der Waals surface area contributed by atoms with Crippen LogP contribution in [0.3, 0.4) is 0 Å². The van der Waals surface area contributed by atoms with Crippen LogP contribution < -0.4 is 0 Å². The van der Waals surface area contributed by atoms with Crippen molar-refractivity contribution in [2.75, 3.05) is 0 Å². The Balaban J connectivity index is 1.42. The van der Waals surface area contributed by atoms with Crippen LogP contribution in [0, 0.1) is 23.7 Å². The summed E-state index contributed by atoms with van der Waals surface area (Å²) in [4.78, 5) is 28.9. The van der Waals surface area contributed by atoms with Gasteiger partial charge in [-0.1, -0.05) is 116 Å². The molecule has 0 radical (unpaired) electrons. The Morgan fingerprint density at radius 3 is 1.81 bits per heavy atom. The van der Waals surface area contributed by atoms with Crippen LogP contribution in [0.15, 0.2) is 36.5 Å². The number of rotatable bonds is 9. The standard InChI is InChI=1S/C60H106O10Si3/c1-22-37(2)31-51-41(6)47-35-43(62)34-46-27-30-49-54(65-46)56(69-72(18,19)59(10,11)12)57(70-73(20,21)60(13,14)15)55(67-49)50(68-71(16,17)58(7,8)9)28-24-42(61)23-25-44-33-39(4)48(63-44)29-26-45-32-38(3)40(5)52(64-45)36-53(47)66-51/h24,28,37-38,41,44-57H,4-5,22-23,25-27,29-36H2,1-3,6-21H3/b28-24+/t37-,38-,41-,44+,45+,46?,47-,48?,49+,50+,51-,52?,53+,54+,55+,56+,57-/m1/s1. The number of carbonyl (C=O) groups excluding carboxylic acids is 2. The molecule has 5 saturated heterocycles. The maximum atomic E-state index is 14.8. The van der Waals surface area contributed by atoms with E-state index in [1.807, 2.05) is 6.08 Å². The third-order valence-corrected chi connectivity index (χ3v) is 33.3. The fourth-order valence-corrected chi connectivity index (χ4v) is 15.3. The summed E-state index contributed by atoms with van der Waals surface area (Å²) in [5.74, 6) is 1.36. The second kappa shape index (κ2) is 23.7. The topological polar surface area (TPSA) is 108 Å². The Kier molecular flexibility index (Phi) is 19.8. The number of hydrogen-bond acceptors (Lipinski definition) is 10. The van der Waals surface area contributed by atoms with Gasteiger partial charge >= 0.3 is 0 Å². The largest absolute Gasteiger partial charge is 0.408 e. The van der Waals surface area contributed by atoms with Crippen molar-refractivity contribution in [3.63, 3.8) is 0 Å². The number of fused-ring (bicyclic) bond motifs is 2. The summed E-state index contributed by atoms with van der Waals surface area (Å²) in [6.07, 6.45) is 9.33. The predicted octanol–water partition coefficient (Wildman–Crippen LogP) is 14.4. The summed E-state index contributed by atoms with van der Waals surface area (Å²) in [5.41, 5.74) is 2.22. The zero-order valence-corrected chi connectivity index (χ0v) is 52.7. The second-order valence-corrected chi connectivity index (χ2v) is 42.9. The van der Waals surface area contributed by atoms with Gasteiger partial charge in [-0.05, 0) is 147 Å². The third kappa shape index (κ3) is 14.8. The van der Waals surface area contributed by atoms with Gasteiger partial charge in [0.1, 0.15) is 30.2 Å². The van der Waals surface area contributed by atoms with Crippen molar-refractivity contribution in [3.8, 4) is 0 Å². The molecule has 5 fully saturated rings. The van der Waals surface area contributed by atoms with Gasteiger partial charge in [0, 0.05) is 25.7 Å². The van der Waals surface area contributed by atoms with Gasteiger partial charge in [0.25, 0.3) is 0 Å². The minimum atomic E-state index is -2.54. The first kappa shape index (κ1) is 61.1. The maximum Gasteiger partial charge on any atom is 0.193 e. The van der Waals surface area contributed by atoms with Gasteiger partial charge < -0.3 is 37.0 Å². The van der Waals surface area contributed by atoms with Crippen molar-refractivity contribution >= 4 is 36.5 Å². The van der Waals surface area contributed by atoms with E-state index in [4.69, 9.17) is 37.0 Å². The minimum absolute atomic E-state index is 0.0333. The van der Waals surface area contributed by atoms with Crippen LogP contribution in [0.1, 0.15) is 173 Å². The van der Waals surface area contributed by atoms with Crippen molar-refractivity contribution < 1.29 is 46.6 Å². The molecule has 17 atom stereocenters. The summed E-state index contributed by atoms with van der Waals surface area (Å²) in [6, 6.07) is 0. The van der Waals surface area contributed by atoms with Gasteiger partial charge in [0.15, 0.2) is 30.7 Å². The molecule has 0 aromatic carbocycles. The van der Waals surface area contributed by atoms with Crippen molar-refractivity contribution in [2.24, 2.45) is 23.7 Å². The molecule has 0 amide bonds. The normalized spacial score (nSPS) is 38.2. The molecule has 13 heteroatoms. The fourth-order valence-electron chi connectivity index (χ4n) is 11.5. The van der Waals surface area contributed by atoms with E-state index in [2.05, 4.69) is 142 Å². The van der Waals surface area contributed by atoms with Crippen LogP contribution in [0.5, 0.6) is 0 Å². The zero-order valence-electron chi connectivity index (χ0n) is 49.7. The highest BCUT2D eigenvalue weighted by Gasteiger charge is 2.58. The summed E-state index contributed by atoms with van der Waals surface area (Å²) in [6.45, 7) is 52.4. The first-order chi connectivity index (χ1) is 33.6. The second-order valence-electron chi connectivity index (χ2n) is 28.6. The highest BCUT2D eigenvalue weighted by molar-refractivity contribution is 6.75. The smallest absolute Gasteiger partial charge is 0.193 e. The van der Waals surface area contributed by atoms with Crippen LogP contribution >= 0.6 is 0 Å². The van der Waals surface area contributed by atoms with Gasteiger partial charge in [-0.3, -0.25) is 9.59 Å². The quantitative estimate of drug-likeness (QED) is 0.164. The van der Waals surface area contributed by atoms with E-state index in [1.54, 1.807) is 6.08 Å². The van der Waals surface area contributed by atoms with Gasteiger partial charge in [-0.15, -0.1) is 0 Å². The minimum Gasteiger partial charge on any atom is -0.408 e. The lowest BCUT2D eigenvalue weighted by atomic mass is 9.78. The summed E-state index contributed by atoms with van der Waals surface area (Å²) in [7, 11) is -7.52. The van der Waals surface area contributed by atoms with Crippen LogP contribution in [0.25, 0.3) is 0 Å². The zero-order chi connectivity index (χ0) is 54.4. The van der Waals surface area contributed by atoms with Gasteiger partial charge in [-0.2, -0.15) is 0 Å². The average Bonchev–Trinajstić information content (AvgIpc) is 3.77. The molecular weight excluding hydrogens is 965 g/mol. The molecule has 3 unspecified atom stereocenters. The highest BCUT2D eigenvalue weighted by Crippen LogP contribution is 2.49. The van der Waals surface area contributed by atoms with E-state index in [0.29, 0.717) is 56.8 Å². The SMILES string of the molecule is C=C1C[C@@H]2CCC(=O)/C=C/[C@H](O[Si](C)(C)C(C)(C)C)[C@@H]3O[C@H]4CCC(CC(=O)C[C@@H]5[C@@H](C)[C@@H](C[C@H](C)CC)O[C@H]5CC5O[C@@H](CCC1O2)C[C@@H](C)C5=C)O[C@@H]4[C@H](O[Si](C)(C)C(C)(C)C)[C@@H]3O[Si](C)(C)C(C)(C)C. The Morgan fingerprint density at radius 2 is 1.21 bits per heavy atom. The average molecular weight is 1070 g/mol. The van der Waals surface area contributed by atoms with Crippen molar-refractivity contribution in [3.05, 3.63) is 36.5 Å². The molecule has 0 spiro atoms. The van der Waals surface area contributed by atoms with Crippen molar-refractivity contribution in [1.82, 2.24) is 0 Å². The third-order valence-electron chi connectivity index (χ3n) is 19.9. The number of allylic oxidation sites excluding steroid dienone is 1. The van der Waals surface area contributed by atoms with Crippen LogP contribution in [-0.4, -0.2) is 116 Å². The number of ketones is 2. The molecule has 0 aromatic rings. The maximum absolute atomic E-state index is 14.8. The first-order valence-electron chi connectivity index (χ1n) is 29.0. The Morgan fingerprint density at radius 1 is 0.644 bits per heavy atom. The summed E-state index contributed by atoms with van der Waals surface area (Å²) in [5, 5.41) is -0.363. The number of ether oxygens (including phenoxy) is 5. The van der Waals surface area contributed by atoms with E-state index < -0.39 is 55.5 Å². The molecule has 8 aliphatic heterocycles. The molecule has 8 aliphatic rings. The van der Waals surface area contributed by atoms with Crippen molar-refractivity contribution in [2.45, 2.75) is 307 Å². The molecule has 8 rings (SSSR count). The van der Waals surface area contributed by atoms with Crippen LogP contribution in [-0.2, 0) is 46.6 Å². The monoisotopic (exact) mass is 1070 g/mol. The molecule has 73 heavy (non-hydrogen) atoms. The molecule has 0 N–H and O–H groups in total.